The molecule has 0 spiro atoms. The van der Waals surface area contributed by atoms with Crippen LogP contribution in [0.15, 0.2) is 54.6 Å². The van der Waals surface area contributed by atoms with Gasteiger partial charge in [0.2, 0.25) is 0 Å². The lowest BCUT2D eigenvalue weighted by Crippen LogP contribution is -2.18. The van der Waals surface area contributed by atoms with Gasteiger partial charge < -0.3 is 10.1 Å². The Morgan fingerprint density at radius 3 is 2.55 bits per heavy atom. The van der Waals surface area contributed by atoms with E-state index in [-0.39, 0.29) is 18.2 Å². The maximum absolute atomic E-state index is 11.8. The molecule has 0 fully saturated rings. The highest BCUT2D eigenvalue weighted by Gasteiger charge is 2.05. The Hall–Kier alpha value is -1.84. The van der Waals surface area contributed by atoms with Gasteiger partial charge >= 0.3 is 0 Å². The van der Waals surface area contributed by atoms with Crippen molar-refractivity contribution in [3.63, 3.8) is 0 Å². The number of benzene rings is 2. The Kier molecular flexibility index (Phi) is 6.77. The molecule has 4 heteroatoms. The van der Waals surface area contributed by atoms with E-state index in [0.29, 0.717) is 24.5 Å². The molecule has 0 aromatic heterocycles. The third-order valence-corrected chi connectivity index (χ3v) is 2.74. The topological polar surface area (TPSA) is 38.3 Å². The smallest absolute Gasteiger partial charge is 0.176 e. The van der Waals surface area contributed by atoms with Crippen molar-refractivity contribution in [3.8, 4) is 5.75 Å². The van der Waals surface area contributed by atoms with Gasteiger partial charge in [0.1, 0.15) is 12.4 Å². The van der Waals surface area contributed by atoms with Gasteiger partial charge in [-0.05, 0) is 24.7 Å². The summed E-state index contributed by atoms with van der Waals surface area (Å²) >= 11 is 0. The van der Waals surface area contributed by atoms with Gasteiger partial charge in [0.05, 0.1) is 6.54 Å². The molecule has 2 rings (SSSR count). The van der Waals surface area contributed by atoms with Crippen LogP contribution in [0.25, 0.3) is 0 Å². The number of carbonyl (C=O) groups excluding carboxylic acids is 1. The lowest BCUT2D eigenvalue weighted by molar-refractivity contribution is 0.0993. The molecule has 20 heavy (non-hydrogen) atoms. The Morgan fingerprint density at radius 2 is 1.85 bits per heavy atom. The maximum Gasteiger partial charge on any atom is 0.176 e. The molecule has 106 valence electrons. The summed E-state index contributed by atoms with van der Waals surface area (Å²) in [5, 5.41) is 2.85. The highest BCUT2D eigenvalue weighted by atomic mass is 35.5. The number of hydrogen-bond donors (Lipinski definition) is 1. The van der Waals surface area contributed by atoms with Gasteiger partial charge in [-0.2, -0.15) is 0 Å². The summed E-state index contributed by atoms with van der Waals surface area (Å²) in [7, 11) is 1.76. The van der Waals surface area contributed by atoms with Gasteiger partial charge in [-0.25, -0.2) is 0 Å². The minimum Gasteiger partial charge on any atom is -0.489 e. The molecule has 0 saturated heterocycles. The Labute approximate surface area is 125 Å². The number of carbonyl (C=O) groups is 1. The van der Waals surface area contributed by atoms with Gasteiger partial charge in [0.25, 0.3) is 0 Å². The van der Waals surface area contributed by atoms with Crippen molar-refractivity contribution < 1.29 is 9.53 Å². The van der Waals surface area contributed by atoms with Crippen molar-refractivity contribution in [2.75, 3.05) is 13.6 Å². The summed E-state index contributed by atoms with van der Waals surface area (Å²) in [6.07, 6.45) is 0. The molecule has 0 radical (unpaired) electrons. The van der Waals surface area contributed by atoms with Crippen LogP contribution in [0, 0.1) is 0 Å². The SMILES string of the molecule is CNCC(=O)c1cccc(OCc2ccccc2)c1.Cl. The van der Waals surface area contributed by atoms with E-state index in [1.54, 1.807) is 19.2 Å². The molecule has 0 aliphatic carbocycles. The van der Waals surface area contributed by atoms with Crippen molar-refractivity contribution in [3.05, 3.63) is 65.7 Å². The predicted molar refractivity (Wildman–Crippen MR) is 82.7 cm³/mol. The van der Waals surface area contributed by atoms with E-state index in [9.17, 15) is 4.79 Å². The first kappa shape index (κ1) is 16.2. The first-order valence-electron chi connectivity index (χ1n) is 6.24. The van der Waals surface area contributed by atoms with Gasteiger partial charge in [0, 0.05) is 5.56 Å². The number of rotatable bonds is 6. The molecule has 0 aliphatic heterocycles. The van der Waals surface area contributed by atoms with Crippen LogP contribution in [0.5, 0.6) is 5.75 Å². The van der Waals surface area contributed by atoms with Gasteiger partial charge in [-0.1, -0.05) is 42.5 Å². The largest absolute Gasteiger partial charge is 0.489 e. The fraction of sp³-hybridized carbons (Fsp3) is 0.188. The predicted octanol–water partition coefficient (Wildman–Crippen LogP) is 3.09. The van der Waals surface area contributed by atoms with Gasteiger partial charge in [0.15, 0.2) is 5.78 Å². The zero-order chi connectivity index (χ0) is 13.5. The fourth-order valence-electron chi connectivity index (χ4n) is 1.76. The first-order chi connectivity index (χ1) is 9.29. The molecule has 0 saturated carbocycles. The highest BCUT2D eigenvalue weighted by molar-refractivity contribution is 5.97. The molecule has 0 atom stereocenters. The molecule has 0 unspecified atom stereocenters. The third kappa shape index (κ3) is 4.68. The lowest BCUT2D eigenvalue weighted by Gasteiger charge is -2.07. The van der Waals surface area contributed by atoms with Crippen molar-refractivity contribution in [2.24, 2.45) is 0 Å². The average molecular weight is 292 g/mol. The zero-order valence-electron chi connectivity index (χ0n) is 11.3. The molecular weight excluding hydrogens is 274 g/mol. The second kappa shape index (κ2) is 8.35. The average Bonchev–Trinajstić information content (AvgIpc) is 2.47. The molecule has 3 nitrogen and oxygen atoms in total. The standard InChI is InChI=1S/C16H17NO2.ClH/c1-17-11-16(18)14-8-5-9-15(10-14)19-12-13-6-3-2-4-7-13;/h2-10,17H,11-12H2,1H3;1H. The van der Waals surface area contributed by atoms with Crippen molar-refractivity contribution in [1.82, 2.24) is 5.32 Å². The Morgan fingerprint density at radius 1 is 1.10 bits per heavy atom. The summed E-state index contributed by atoms with van der Waals surface area (Å²) < 4.78 is 5.69. The number of likely N-dealkylation sites (N-methyl/N-ethyl adjacent to an activating group) is 1. The number of Topliss-reactive ketones (excluding diaryl/α,β-unsaturated/α-hetero) is 1. The van der Waals surface area contributed by atoms with Crippen LogP contribution < -0.4 is 10.1 Å². The normalized spacial score (nSPS) is 9.65. The first-order valence-corrected chi connectivity index (χ1v) is 6.24. The van der Waals surface area contributed by atoms with Crippen LogP contribution in [0.3, 0.4) is 0 Å². The zero-order valence-corrected chi connectivity index (χ0v) is 12.2. The summed E-state index contributed by atoms with van der Waals surface area (Å²) in [6, 6.07) is 17.2. The van der Waals surface area contributed by atoms with E-state index in [0.717, 1.165) is 5.56 Å². The van der Waals surface area contributed by atoms with Crippen molar-refractivity contribution in [1.29, 1.82) is 0 Å². The molecule has 0 heterocycles. The number of ketones is 1. The van der Waals surface area contributed by atoms with Gasteiger partial charge in [-0.15, -0.1) is 12.4 Å². The molecule has 0 bridgehead atoms. The number of hydrogen-bond acceptors (Lipinski definition) is 3. The minimum absolute atomic E-state index is 0. The molecular formula is C16H18ClNO2. The molecule has 2 aromatic rings. The monoisotopic (exact) mass is 291 g/mol. The van der Waals surface area contributed by atoms with Crippen LogP contribution >= 0.6 is 12.4 Å². The number of nitrogens with one attached hydrogen (secondary N) is 1. The van der Waals surface area contributed by atoms with E-state index in [1.165, 1.54) is 0 Å². The quantitative estimate of drug-likeness (QED) is 0.831. The molecule has 2 aromatic carbocycles. The second-order valence-corrected chi connectivity index (χ2v) is 4.26. The van der Waals surface area contributed by atoms with E-state index in [1.807, 2.05) is 42.5 Å². The van der Waals surface area contributed by atoms with Gasteiger partial charge in [-0.3, -0.25) is 4.79 Å². The maximum atomic E-state index is 11.8. The molecule has 0 aliphatic rings. The van der Waals surface area contributed by atoms with Crippen molar-refractivity contribution in [2.45, 2.75) is 6.61 Å². The van der Waals surface area contributed by atoms with Crippen LogP contribution in [-0.2, 0) is 6.61 Å². The van der Waals surface area contributed by atoms with Crippen LogP contribution in [0.2, 0.25) is 0 Å². The third-order valence-electron chi connectivity index (χ3n) is 2.74. The summed E-state index contributed by atoms with van der Waals surface area (Å²) in [5.41, 5.74) is 1.77. The lowest BCUT2D eigenvalue weighted by atomic mass is 10.1. The minimum atomic E-state index is 0. The van der Waals surface area contributed by atoms with E-state index in [4.69, 9.17) is 4.74 Å². The Balaban J connectivity index is 0.00000200. The van der Waals surface area contributed by atoms with Crippen molar-refractivity contribution >= 4 is 18.2 Å². The Bertz CT molecular complexity index is 543. The van der Waals surface area contributed by atoms with Crippen LogP contribution in [0.1, 0.15) is 15.9 Å². The fourth-order valence-corrected chi connectivity index (χ4v) is 1.76. The van der Waals surface area contributed by atoms with E-state index >= 15 is 0 Å². The molecule has 0 amide bonds. The van der Waals surface area contributed by atoms with E-state index in [2.05, 4.69) is 5.32 Å². The summed E-state index contributed by atoms with van der Waals surface area (Å²) in [5.74, 6) is 0.776. The summed E-state index contributed by atoms with van der Waals surface area (Å²) in [6.45, 7) is 0.840. The van der Waals surface area contributed by atoms with Crippen LogP contribution in [0.4, 0.5) is 0 Å². The number of ether oxygens (including phenoxy) is 1. The molecule has 1 N–H and O–H groups in total. The van der Waals surface area contributed by atoms with E-state index < -0.39 is 0 Å². The summed E-state index contributed by atoms with van der Waals surface area (Å²) in [4.78, 5) is 11.8. The second-order valence-electron chi connectivity index (χ2n) is 4.26. The van der Waals surface area contributed by atoms with Crippen LogP contribution in [-0.4, -0.2) is 19.4 Å². The number of halogens is 1. The highest BCUT2D eigenvalue weighted by Crippen LogP contribution is 2.15.